The first-order valence-electron chi connectivity index (χ1n) is 9.98. The van der Waals surface area contributed by atoms with Gasteiger partial charge in [-0.3, -0.25) is 4.79 Å². The number of carbonyl (C=O) groups is 1. The molecule has 1 aliphatic rings. The lowest BCUT2D eigenvalue weighted by atomic mass is 10.0. The highest BCUT2D eigenvalue weighted by atomic mass is 16.5. The third-order valence-electron chi connectivity index (χ3n) is 4.44. The summed E-state index contributed by atoms with van der Waals surface area (Å²) in [6.07, 6.45) is 15.2. The van der Waals surface area contributed by atoms with Crippen molar-refractivity contribution in [1.29, 1.82) is 0 Å². The average Bonchev–Trinajstić information content (AvgIpc) is 3.02. The van der Waals surface area contributed by atoms with Gasteiger partial charge in [-0.2, -0.15) is 0 Å². The molecule has 1 fully saturated rings. The molecule has 1 heterocycles. The molecule has 0 aliphatic carbocycles. The summed E-state index contributed by atoms with van der Waals surface area (Å²) in [6.45, 7) is 2.02. The van der Waals surface area contributed by atoms with Crippen LogP contribution in [-0.2, 0) is 9.53 Å². The summed E-state index contributed by atoms with van der Waals surface area (Å²) in [5, 5.41) is 38.7. The quantitative estimate of drug-likeness (QED) is 0.358. The number of rotatable bonds is 13. The van der Waals surface area contributed by atoms with Gasteiger partial charge in [-0.25, -0.2) is 0 Å². The maximum atomic E-state index is 10.4. The van der Waals surface area contributed by atoms with Crippen LogP contribution in [0.5, 0.6) is 0 Å². The molecule has 1 saturated heterocycles. The fourth-order valence-corrected chi connectivity index (χ4v) is 2.87. The van der Waals surface area contributed by atoms with Gasteiger partial charge in [-0.05, 0) is 32.1 Å². The van der Waals surface area contributed by atoms with Crippen LogP contribution < -0.4 is 0 Å². The molecule has 0 unspecified atom stereocenters. The van der Waals surface area contributed by atoms with Crippen molar-refractivity contribution in [1.82, 2.24) is 0 Å². The number of aliphatic hydroxyl groups is 3. The summed E-state index contributed by atoms with van der Waals surface area (Å²) in [6, 6.07) is 0. The van der Waals surface area contributed by atoms with Crippen LogP contribution in [0.25, 0.3) is 0 Å². The van der Waals surface area contributed by atoms with Crippen LogP contribution in [-0.4, -0.2) is 56.9 Å². The van der Waals surface area contributed by atoms with Gasteiger partial charge in [-0.15, -0.1) is 0 Å². The second-order valence-corrected chi connectivity index (χ2v) is 6.92. The summed E-state index contributed by atoms with van der Waals surface area (Å²) >= 11 is 0. The van der Waals surface area contributed by atoms with E-state index in [4.69, 9.17) is 9.84 Å². The van der Waals surface area contributed by atoms with Crippen molar-refractivity contribution in [2.75, 3.05) is 0 Å². The fraction of sp³-hybridized carbons (Fsp3) is 0.591. The first kappa shape index (κ1) is 24.3. The lowest BCUT2D eigenvalue weighted by Crippen LogP contribution is -2.24. The Balaban J connectivity index is 2.32. The van der Waals surface area contributed by atoms with Gasteiger partial charge in [0.15, 0.2) is 0 Å². The maximum Gasteiger partial charge on any atom is 0.303 e. The summed E-state index contributed by atoms with van der Waals surface area (Å²) in [5.74, 6) is -0.804. The first-order chi connectivity index (χ1) is 13.4. The standard InChI is InChI=1S/C22H34O6/c1-2-3-8-11-17(23)14-15-18(24)21-16-19(25)20(28-21)12-9-6-4-5-7-10-13-22(26)27/h3,5-9,14-15,17-21,23-25H,2,4,10-13,16H2,1H3,(H,26,27)/b7-5-,8-3-,9-6-,15-14+/t17-,18-,19-,20+,21-/m0/s1. The van der Waals surface area contributed by atoms with E-state index in [1.54, 1.807) is 6.08 Å². The molecule has 1 aliphatic heterocycles. The van der Waals surface area contributed by atoms with Gasteiger partial charge in [0.25, 0.3) is 0 Å². The molecule has 6 nitrogen and oxygen atoms in total. The van der Waals surface area contributed by atoms with Crippen LogP contribution in [0.2, 0.25) is 0 Å². The van der Waals surface area contributed by atoms with Gasteiger partial charge in [0.1, 0.15) is 0 Å². The lowest BCUT2D eigenvalue weighted by molar-refractivity contribution is -0.136. The van der Waals surface area contributed by atoms with E-state index in [1.165, 1.54) is 6.08 Å². The van der Waals surface area contributed by atoms with Crippen LogP contribution in [0, 0.1) is 0 Å². The lowest BCUT2D eigenvalue weighted by Gasteiger charge is -2.16. The molecular weight excluding hydrogens is 360 g/mol. The summed E-state index contributed by atoms with van der Waals surface area (Å²) < 4.78 is 5.76. The molecule has 0 bridgehead atoms. The number of aliphatic carboxylic acids is 1. The third-order valence-corrected chi connectivity index (χ3v) is 4.44. The van der Waals surface area contributed by atoms with E-state index in [0.717, 1.165) is 6.42 Å². The molecule has 28 heavy (non-hydrogen) atoms. The average molecular weight is 395 g/mol. The Morgan fingerprint density at radius 1 is 1.11 bits per heavy atom. The largest absolute Gasteiger partial charge is 0.481 e. The highest BCUT2D eigenvalue weighted by Crippen LogP contribution is 2.26. The van der Waals surface area contributed by atoms with Gasteiger partial charge < -0.3 is 25.2 Å². The smallest absolute Gasteiger partial charge is 0.303 e. The number of carboxylic acid groups (broad SMARTS) is 1. The van der Waals surface area contributed by atoms with E-state index in [0.29, 0.717) is 32.1 Å². The Bertz CT molecular complexity index is 551. The van der Waals surface area contributed by atoms with Crippen molar-refractivity contribution >= 4 is 5.97 Å². The molecule has 5 atom stereocenters. The summed E-state index contributed by atoms with van der Waals surface area (Å²) in [4.78, 5) is 10.4. The molecule has 0 spiro atoms. The molecule has 6 heteroatoms. The van der Waals surface area contributed by atoms with Gasteiger partial charge in [0.05, 0.1) is 30.5 Å². The normalized spacial score (nSPS) is 25.5. The van der Waals surface area contributed by atoms with Gasteiger partial charge in [-0.1, -0.05) is 55.5 Å². The topological polar surface area (TPSA) is 107 Å². The van der Waals surface area contributed by atoms with E-state index in [-0.39, 0.29) is 12.5 Å². The van der Waals surface area contributed by atoms with Crippen LogP contribution in [0.15, 0.2) is 48.6 Å². The van der Waals surface area contributed by atoms with Crippen molar-refractivity contribution in [3.05, 3.63) is 48.6 Å². The van der Waals surface area contributed by atoms with Crippen LogP contribution in [0.3, 0.4) is 0 Å². The zero-order valence-corrected chi connectivity index (χ0v) is 16.6. The molecule has 0 aromatic carbocycles. The predicted molar refractivity (Wildman–Crippen MR) is 109 cm³/mol. The minimum Gasteiger partial charge on any atom is -0.481 e. The minimum atomic E-state index is -0.870. The molecule has 0 radical (unpaired) electrons. The zero-order chi connectivity index (χ0) is 20.8. The van der Waals surface area contributed by atoms with E-state index in [1.807, 2.05) is 43.4 Å². The third kappa shape index (κ3) is 10.6. The molecule has 1 rings (SSSR count). The van der Waals surface area contributed by atoms with Crippen LogP contribution >= 0.6 is 0 Å². The van der Waals surface area contributed by atoms with Crippen LogP contribution in [0.4, 0.5) is 0 Å². The predicted octanol–water partition coefficient (Wildman–Crippen LogP) is 2.90. The van der Waals surface area contributed by atoms with Crippen molar-refractivity contribution < 1.29 is 30.0 Å². The Morgan fingerprint density at radius 2 is 1.86 bits per heavy atom. The second kappa shape index (κ2) is 14.3. The molecule has 0 amide bonds. The van der Waals surface area contributed by atoms with E-state index in [9.17, 15) is 20.1 Å². The Kier molecular flexibility index (Phi) is 12.4. The molecule has 158 valence electrons. The highest BCUT2D eigenvalue weighted by molar-refractivity contribution is 5.66. The van der Waals surface area contributed by atoms with Crippen molar-refractivity contribution in [2.24, 2.45) is 0 Å². The maximum absolute atomic E-state index is 10.4. The van der Waals surface area contributed by atoms with Gasteiger partial charge in [0, 0.05) is 12.8 Å². The fourth-order valence-electron chi connectivity index (χ4n) is 2.87. The SMILES string of the molecule is CC/C=C\C[C@H](O)/C=C/[C@H](O)[C@@H]1C[C@H](O)[C@@H](C/C=C\C/C=C\CCC(=O)O)O1. The van der Waals surface area contributed by atoms with Crippen molar-refractivity contribution in [2.45, 2.75) is 82.4 Å². The Labute approximate surface area is 167 Å². The zero-order valence-electron chi connectivity index (χ0n) is 16.6. The Hall–Kier alpha value is -1.73. The molecule has 4 N–H and O–H groups in total. The number of hydrogen-bond acceptors (Lipinski definition) is 5. The monoisotopic (exact) mass is 394 g/mol. The summed E-state index contributed by atoms with van der Waals surface area (Å²) in [7, 11) is 0. The number of allylic oxidation sites excluding steroid dienone is 4. The molecular formula is C22H34O6. The number of carboxylic acids is 1. The van der Waals surface area contributed by atoms with Crippen molar-refractivity contribution in [3.8, 4) is 0 Å². The van der Waals surface area contributed by atoms with E-state index in [2.05, 4.69) is 0 Å². The molecule has 0 saturated carbocycles. The van der Waals surface area contributed by atoms with Gasteiger partial charge in [0.2, 0.25) is 0 Å². The minimum absolute atomic E-state index is 0.132. The van der Waals surface area contributed by atoms with E-state index >= 15 is 0 Å². The Morgan fingerprint density at radius 3 is 2.57 bits per heavy atom. The molecule has 0 aromatic heterocycles. The highest BCUT2D eigenvalue weighted by Gasteiger charge is 2.36. The van der Waals surface area contributed by atoms with Crippen LogP contribution in [0.1, 0.15) is 51.9 Å². The van der Waals surface area contributed by atoms with Crippen molar-refractivity contribution in [3.63, 3.8) is 0 Å². The van der Waals surface area contributed by atoms with E-state index < -0.39 is 30.4 Å². The number of aliphatic hydroxyl groups excluding tert-OH is 3. The number of hydrogen-bond donors (Lipinski definition) is 4. The number of ether oxygens (including phenoxy) is 1. The second-order valence-electron chi connectivity index (χ2n) is 6.92. The van der Waals surface area contributed by atoms with Gasteiger partial charge >= 0.3 is 5.97 Å². The molecule has 0 aromatic rings. The summed E-state index contributed by atoms with van der Waals surface area (Å²) in [5.41, 5.74) is 0. The first-order valence-corrected chi connectivity index (χ1v) is 9.98.